The molecule has 0 saturated carbocycles. The van der Waals surface area contributed by atoms with Gasteiger partial charge >= 0.3 is 6.03 Å². The number of pyridine rings is 1. The molecule has 0 aliphatic rings. The summed E-state index contributed by atoms with van der Waals surface area (Å²) in [6.45, 7) is 2.96. The van der Waals surface area contributed by atoms with Crippen LogP contribution in [-0.4, -0.2) is 22.3 Å². The van der Waals surface area contributed by atoms with Crippen molar-refractivity contribution in [3.8, 4) is 5.75 Å². The van der Waals surface area contributed by atoms with Gasteiger partial charge in [-0.05, 0) is 43.3 Å². The summed E-state index contributed by atoms with van der Waals surface area (Å²) in [5.41, 5.74) is 2.66. The number of benzene rings is 1. The number of carbonyl (C=O) groups excluding carboxylic acids is 1. The number of urea groups is 1. The molecule has 0 aliphatic carbocycles. The van der Waals surface area contributed by atoms with E-state index in [4.69, 9.17) is 4.74 Å². The van der Waals surface area contributed by atoms with Crippen LogP contribution in [0, 0.1) is 0 Å². The molecule has 3 rings (SSSR count). The second-order valence-electron chi connectivity index (χ2n) is 4.97. The third-order valence-corrected chi connectivity index (χ3v) is 3.37. The highest BCUT2D eigenvalue weighted by Crippen LogP contribution is 2.15. The van der Waals surface area contributed by atoms with E-state index >= 15 is 0 Å². The number of nitrogens with zero attached hydrogens (tertiary/aromatic N) is 2. The minimum absolute atomic E-state index is 0.260. The zero-order valence-electron chi connectivity index (χ0n) is 12.8. The van der Waals surface area contributed by atoms with E-state index in [0.717, 1.165) is 16.8 Å². The third kappa shape index (κ3) is 3.60. The number of fused-ring (bicyclic) bond motifs is 1. The van der Waals surface area contributed by atoms with Crippen LogP contribution >= 0.6 is 0 Å². The Morgan fingerprint density at radius 2 is 2.04 bits per heavy atom. The van der Waals surface area contributed by atoms with Crippen LogP contribution in [0.15, 0.2) is 54.9 Å². The molecular weight excluding hydrogens is 292 g/mol. The van der Waals surface area contributed by atoms with E-state index in [1.807, 2.05) is 43.5 Å². The average molecular weight is 310 g/mol. The summed E-state index contributed by atoms with van der Waals surface area (Å²) in [5, 5.41) is 9.86. The number of carbonyl (C=O) groups is 1. The fourth-order valence-electron chi connectivity index (χ4n) is 2.28. The third-order valence-electron chi connectivity index (χ3n) is 3.37. The topological polar surface area (TPSA) is 67.7 Å². The number of aromatic nitrogens is 2. The van der Waals surface area contributed by atoms with E-state index in [1.54, 1.807) is 22.8 Å². The Hall–Kier alpha value is -3.02. The van der Waals surface area contributed by atoms with Gasteiger partial charge in [-0.15, -0.1) is 0 Å². The van der Waals surface area contributed by atoms with Crippen molar-refractivity contribution in [1.29, 1.82) is 0 Å². The molecule has 0 unspecified atom stereocenters. The summed E-state index contributed by atoms with van der Waals surface area (Å²) in [5.74, 6) is 0.782. The maximum atomic E-state index is 12.0. The molecule has 23 heavy (non-hydrogen) atoms. The first-order valence-electron chi connectivity index (χ1n) is 7.45. The Kier molecular flexibility index (Phi) is 4.42. The highest BCUT2D eigenvalue weighted by molar-refractivity contribution is 5.89. The van der Waals surface area contributed by atoms with Crippen molar-refractivity contribution in [3.63, 3.8) is 0 Å². The molecule has 3 aromatic rings. The summed E-state index contributed by atoms with van der Waals surface area (Å²) < 4.78 is 7.14. The monoisotopic (exact) mass is 310 g/mol. The number of hydrogen-bond acceptors (Lipinski definition) is 3. The zero-order valence-corrected chi connectivity index (χ0v) is 12.8. The van der Waals surface area contributed by atoms with Crippen molar-refractivity contribution >= 4 is 17.2 Å². The fraction of sp³-hybridized carbons (Fsp3) is 0.176. The normalized spacial score (nSPS) is 10.5. The van der Waals surface area contributed by atoms with E-state index in [0.29, 0.717) is 18.8 Å². The lowest BCUT2D eigenvalue weighted by Crippen LogP contribution is -2.28. The van der Waals surface area contributed by atoms with Crippen LogP contribution in [-0.2, 0) is 6.54 Å². The van der Waals surface area contributed by atoms with Gasteiger partial charge in [0.05, 0.1) is 18.3 Å². The van der Waals surface area contributed by atoms with Gasteiger partial charge in [0.2, 0.25) is 0 Å². The molecule has 1 aromatic carbocycles. The predicted molar refractivity (Wildman–Crippen MR) is 88.7 cm³/mol. The van der Waals surface area contributed by atoms with Crippen LogP contribution in [0.1, 0.15) is 12.5 Å². The molecule has 0 radical (unpaired) electrons. The van der Waals surface area contributed by atoms with E-state index < -0.39 is 0 Å². The fourth-order valence-corrected chi connectivity index (χ4v) is 2.28. The highest BCUT2D eigenvalue weighted by Gasteiger charge is 2.06. The number of anilines is 1. The molecule has 0 bridgehead atoms. The van der Waals surface area contributed by atoms with Crippen LogP contribution < -0.4 is 15.4 Å². The standard InChI is InChI=1S/C17H18N4O2/c1-2-23-15-8-6-14(7-9-15)20-17(22)18-11-13-12-19-21-10-4-3-5-16(13)21/h3-10,12H,2,11H2,1H3,(H2,18,20,22). The maximum absolute atomic E-state index is 12.0. The van der Waals surface area contributed by atoms with E-state index in [-0.39, 0.29) is 6.03 Å². The minimum atomic E-state index is -0.260. The molecule has 2 N–H and O–H groups in total. The zero-order chi connectivity index (χ0) is 16.1. The SMILES string of the molecule is CCOc1ccc(NC(=O)NCc2cnn3ccccc23)cc1. The van der Waals surface area contributed by atoms with Gasteiger partial charge in [-0.2, -0.15) is 5.10 Å². The second kappa shape index (κ2) is 6.83. The van der Waals surface area contributed by atoms with Crippen molar-refractivity contribution in [2.75, 3.05) is 11.9 Å². The second-order valence-corrected chi connectivity index (χ2v) is 4.97. The van der Waals surface area contributed by atoms with E-state index in [1.165, 1.54) is 0 Å². The van der Waals surface area contributed by atoms with Gasteiger partial charge in [0, 0.05) is 24.0 Å². The molecule has 2 aromatic heterocycles. The van der Waals surface area contributed by atoms with Crippen LogP contribution in [0.5, 0.6) is 5.75 Å². The molecule has 118 valence electrons. The van der Waals surface area contributed by atoms with E-state index in [9.17, 15) is 4.79 Å². The highest BCUT2D eigenvalue weighted by atomic mass is 16.5. The quantitative estimate of drug-likeness (QED) is 0.761. The molecule has 6 heteroatoms. The summed E-state index contributed by atoms with van der Waals surface area (Å²) in [6, 6.07) is 12.8. The first-order chi connectivity index (χ1) is 11.3. The lowest BCUT2D eigenvalue weighted by atomic mass is 10.2. The Balaban J connectivity index is 1.57. The summed E-state index contributed by atoms with van der Waals surface area (Å²) >= 11 is 0. The Labute approximate surface area is 134 Å². The van der Waals surface area contributed by atoms with Crippen LogP contribution in [0.4, 0.5) is 10.5 Å². The number of amides is 2. The smallest absolute Gasteiger partial charge is 0.319 e. The maximum Gasteiger partial charge on any atom is 0.319 e. The van der Waals surface area contributed by atoms with Crippen LogP contribution in [0.3, 0.4) is 0 Å². The average Bonchev–Trinajstić information content (AvgIpc) is 2.98. The van der Waals surface area contributed by atoms with Gasteiger partial charge in [-0.1, -0.05) is 6.07 Å². The van der Waals surface area contributed by atoms with Crippen molar-refractivity contribution in [2.24, 2.45) is 0 Å². The van der Waals surface area contributed by atoms with Crippen molar-refractivity contribution < 1.29 is 9.53 Å². The summed E-state index contributed by atoms with van der Waals surface area (Å²) in [4.78, 5) is 12.0. The van der Waals surface area contributed by atoms with E-state index in [2.05, 4.69) is 15.7 Å². The number of ether oxygens (including phenoxy) is 1. The number of rotatable bonds is 5. The predicted octanol–water partition coefficient (Wildman–Crippen LogP) is 3.05. The lowest BCUT2D eigenvalue weighted by molar-refractivity contribution is 0.252. The molecule has 2 amide bonds. The number of hydrogen-bond donors (Lipinski definition) is 2. The molecule has 0 fully saturated rings. The molecular formula is C17H18N4O2. The van der Waals surface area contributed by atoms with Gasteiger partial charge in [0.15, 0.2) is 0 Å². The summed E-state index contributed by atoms with van der Waals surface area (Å²) in [7, 11) is 0. The first-order valence-corrected chi connectivity index (χ1v) is 7.45. The Bertz CT molecular complexity index is 796. The Morgan fingerprint density at radius 1 is 1.22 bits per heavy atom. The van der Waals surface area contributed by atoms with Crippen molar-refractivity contribution in [2.45, 2.75) is 13.5 Å². The van der Waals surface area contributed by atoms with Gasteiger partial charge in [-0.25, -0.2) is 9.31 Å². The first kappa shape index (κ1) is 14.9. The molecule has 0 saturated heterocycles. The van der Waals surface area contributed by atoms with Crippen molar-refractivity contribution in [3.05, 3.63) is 60.4 Å². The Morgan fingerprint density at radius 3 is 2.83 bits per heavy atom. The molecule has 0 atom stereocenters. The van der Waals surface area contributed by atoms with Crippen LogP contribution in [0.25, 0.3) is 5.52 Å². The molecule has 0 aliphatic heterocycles. The largest absolute Gasteiger partial charge is 0.494 e. The molecule has 2 heterocycles. The van der Waals surface area contributed by atoms with Gasteiger partial charge in [-0.3, -0.25) is 0 Å². The van der Waals surface area contributed by atoms with Crippen molar-refractivity contribution in [1.82, 2.24) is 14.9 Å². The lowest BCUT2D eigenvalue weighted by Gasteiger charge is -2.08. The minimum Gasteiger partial charge on any atom is -0.494 e. The number of nitrogens with one attached hydrogen (secondary N) is 2. The van der Waals surface area contributed by atoms with Crippen LogP contribution in [0.2, 0.25) is 0 Å². The van der Waals surface area contributed by atoms with Gasteiger partial charge in [0.1, 0.15) is 5.75 Å². The summed E-state index contributed by atoms with van der Waals surface area (Å²) in [6.07, 6.45) is 3.63. The molecule has 6 nitrogen and oxygen atoms in total. The van der Waals surface area contributed by atoms with Gasteiger partial charge < -0.3 is 15.4 Å². The molecule has 0 spiro atoms. The van der Waals surface area contributed by atoms with Gasteiger partial charge in [0.25, 0.3) is 0 Å².